The van der Waals surface area contributed by atoms with E-state index in [1.54, 1.807) is 0 Å². The van der Waals surface area contributed by atoms with Crippen LogP contribution in [0.1, 0.15) is 40.0 Å². The zero-order valence-corrected chi connectivity index (χ0v) is 8.59. The second-order valence-corrected chi connectivity index (χ2v) is 3.55. The van der Waals surface area contributed by atoms with E-state index in [0.717, 1.165) is 6.42 Å². The summed E-state index contributed by atoms with van der Waals surface area (Å²) in [5.41, 5.74) is 0. The topological polar surface area (TPSA) is 26.3 Å². The number of esters is 1. The van der Waals surface area contributed by atoms with Crippen LogP contribution < -0.4 is 0 Å². The standard InChI is InChI=1S/C10H20O2/c1-5-6-8(2)7-9(3)10(11)12-4/h8-9H,5-7H2,1-4H3/t8-,9+/m1/s1. The fourth-order valence-corrected chi connectivity index (χ4v) is 1.51. The van der Waals surface area contributed by atoms with E-state index >= 15 is 0 Å². The van der Waals surface area contributed by atoms with Crippen LogP contribution in [0.15, 0.2) is 0 Å². The second kappa shape index (κ2) is 6.04. The number of hydrogen-bond acceptors (Lipinski definition) is 2. The SMILES string of the molecule is CCC[C@@H](C)C[C@H](C)C(=O)OC. The Bertz CT molecular complexity index is 132. The van der Waals surface area contributed by atoms with Gasteiger partial charge in [0.15, 0.2) is 0 Å². The summed E-state index contributed by atoms with van der Waals surface area (Å²) < 4.78 is 4.65. The molecular formula is C10H20O2. The maximum Gasteiger partial charge on any atom is 0.308 e. The van der Waals surface area contributed by atoms with Crippen molar-refractivity contribution in [2.75, 3.05) is 7.11 Å². The van der Waals surface area contributed by atoms with Gasteiger partial charge in [-0.3, -0.25) is 4.79 Å². The van der Waals surface area contributed by atoms with Crippen molar-refractivity contribution >= 4 is 5.97 Å². The molecule has 0 amide bonds. The van der Waals surface area contributed by atoms with E-state index in [4.69, 9.17) is 0 Å². The van der Waals surface area contributed by atoms with Crippen molar-refractivity contribution in [3.8, 4) is 0 Å². The second-order valence-electron chi connectivity index (χ2n) is 3.55. The molecule has 0 aromatic heterocycles. The third-order valence-corrected chi connectivity index (χ3v) is 2.14. The molecule has 0 aliphatic heterocycles. The molecule has 2 nitrogen and oxygen atoms in total. The van der Waals surface area contributed by atoms with Gasteiger partial charge in [0.05, 0.1) is 13.0 Å². The molecule has 0 saturated heterocycles. The Labute approximate surface area is 75.3 Å². The highest BCUT2D eigenvalue weighted by Crippen LogP contribution is 2.17. The molecule has 0 saturated carbocycles. The highest BCUT2D eigenvalue weighted by molar-refractivity contribution is 5.71. The van der Waals surface area contributed by atoms with E-state index in [2.05, 4.69) is 18.6 Å². The number of ether oxygens (including phenoxy) is 1. The summed E-state index contributed by atoms with van der Waals surface area (Å²) in [6, 6.07) is 0. The van der Waals surface area contributed by atoms with E-state index in [1.165, 1.54) is 20.0 Å². The lowest BCUT2D eigenvalue weighted by molar-refractivity contribution is -0.145. The normalized spacial score (nSPS) is 15.3. The Balaban J connectivity index is 3.67. The maximum atomic E-state index is 11.0. The van der Waals surface area contributed by atoms with Gasteiger partial charge in [0, 0.05) is 0 Å². The first kappa shape index (κ1) is 11.5. The number of rotatable bonds is 5. The predicted octanol–water partition coefficient (Wildman–Crippen LogP) is 2.62. The smallest absolute Gasteiger partial charge is 0.308 e. The Morgan fingerprint density at radius 3 is 2.42 bits per heavy atom. The Kier molecular flexibility index (Phi) is 5.77. The minimum atomic E-state index is -0.0852. The van der Waals surface area contributed by atoms with E-state index in [9.17, 15) is 4.79 Å². The van der Waals surface area contributed by atoms with Crippen LogP contribution in [0.2, 0.25) is 0 Å². The predicted molar refractivity (Wildman–Crippen MR) is 49.9 cm³/mol. The van der Waals surface area contributed by atoms with E-state index in [-0.39, 0.29) is 11.9 Å². The lowest BCUT2D eigenvalue weighted by Gasteiger charge is -2.14. The van der Waals surface area contributed by atoms with Gasteiger partial charge < -0.3 is 4.74 Å². The van der Waals surface area contributed by atoms with Crippen molar-refractivity contribution in [1.82, 2.24) is 0 Å². The van der Waals surface area contributed by atoms with Crippen LogP contribution in [0, 0.1) is 11.8 Å². The third kappa shape index (κ3) is 4.37. The molecule has 0 spiro atoms. The first-order valence-corrected chi connectivity index (χ1v) is 4.69. The van der Waals surface area contributed by atoms with Crippen LogP contribution in [-0.2, 0) is 9.53 Å². The number of methoxy groups -OCH3 is 1. The third-order valence-electron chi connectivity index (χ3n) is 2.14. The van der Waals surface area contributed by atoms with E-state index < -0.39 is 0 Å². The molecule has 2 heteroatoms. The summed E-state index contributed by atoms with van der Waals surface area (Å²) in [6.45, 7) is 6.28. The van der Waals surface area contributed by atoms with Gasteiger partial charge in [-0.15, -0.1) is 0 Å². The summed E-state index contributed by atoms with van der Waals surface area (Å²) in [6.07, 6.45) is 3.33. The van der Waals surface area contributed by atoms with Crippen molar-refractivity contribution in [1.29, 1.82) is 0 Å². The van der Waals surface area contributed by atoms with Gasteiger partial charge in [0.1, 0.15) is 0 Å². The summed E-state index contributed by atoms with van der Waals surface area (Å²) in [5, 5.41) is 0. The van der Waals surface area contributed by atoms with Crippen molar-refractivity contribution in [3.63, 3.8) is 0 Å². The van der Waals surface area contributed by atoms with Crippen LogP contribution in [0.4, 0.5) is 0 Å². The van der Waals surface area contributed by atoms with Crippen LogP contribution in [0.5, 0.6) is 0 Å². The van der Waals surface area contributed by atoms with Gasteiger partial charge in [-0.25, -0.2) is 0 Å². The van der Waals surface area contributed by atoms with Crippen molar-refractivity contribution in [3.05, 3.63) is 0 Å². The van der Waals surface area contributed by atoms with Gasteiger partial charge in [0.2, 0.25) is 0 Å². The molecule has 72 valence electrons. The van der Waals surface area contributed by atoms with Crippen molar-refractivity contribution < 1.29 is 9.53 Å². The highest BCUT2D eigenvalue weighted by atomic mass is 16.5. The minimum absolute atomic E-state index is 0.0524. The molecule has 0 heterocycles. The molecule has 0 rings (SSSR count). The summed E-state index contributed by atoms with van der Waals surface area (Å²) >= 11 is 0. The molecule has 0 N–H and O–H groups in total. The minimum Gasteiger partial charge on any atom is -0.469 e. The quantitative estimate of drug-likeness (QED) is 0.596. The Morgan fingerprint density at radius 2 is 2.00 bits per heavy atom. The molecular weight excluding hydrogens is 152 g/mol. The fourth-order valence-electron chi connectivity index (χ4n) is 1.51. The van der Waals surface area contributed by atoms with Crippen LogP contribution in [-0.4, -0.2) is 13.1 Å². The molecule has 0 bridgehead atoms. The van der Waals surface area contributed by atoms with Gasteiger partial charge in [-0.1, -0.05) is 33.6 Å². The molecule has 0 aliphatic rings. The van der Waals surface area contributed by atoms with Gasteiger partial charge in [0.25, 0.3) is 0 Å². The molecule has 0 aromatic carbocycles. The lowest BCUT2D eigenvalue weighted by atomic mass is 9.94. The summed E-state index contributed by atoms with van der Waals surface area (Å²) in [5.74, 6) is 0.596. The average molecular weight is 172 g/mol. The highest BCUT2D eigenvalue weighted by Gasteiger charge is 2.15. The fraction of sp³-hybridized carbons (Fsp3) is 0.900. The first-order valence-electron chi connectivity index (χ1n) is 4.69. The van der Waals surface area contributed by atoms with E-state index in [0.29, 0.717) is 5.92 Å². The van der Waals surface area contributed by atoms with Crippen molar-refractivity contribution in [2.24, 2.45) is 11.8 Å². The van der Waals surface area contributed by atoms with Crippen LogP contribution in [0.25, 0.3) is 0 Å². The molecule has 2 atom stereocenters. The molecule has 0 fully saturated rings. The number of hydrogen-bond donors (Lipinski definition) is 0. The molecule has 0 radical (unpaired) electrons. The zero-order valence-electron chi connectivity index (χ0n) is 8.59. The zero-order chi connectivity index (χ0) is 9.56. The van der Waals surface area contributed by atoms with Crippen LogP contribution in [0.3, 0.4) is 0 Å². The maximum absolute atomic E-state index is 11.0. The molecule has 0 aromatic rings. The van der Waals surface area contributed by atoms with Gasteiger partial charge in [-0.05, 0) is 12.3 Å². The number of carbonyl (C=O) groups is 1. The van der Waals surface area contributed by atoms with Crippen molar-refractivity contribution in [2.45, 2.75) is 40.0 Å². The Morgan fingerprint density at radius 1 is 1.42 bits per heavy atom. The summed E-state index contributed by atoms with van der Waals surface area (Å²) in [4.78, 5) is 11.0. The lowest BCUT2D eigenvalue weighted by Crippen LogP contribution is -2.15. The van der Waals surface area contributed by atoms with Gasteiger partial charge >= 0.3 is 5.97 Å². The monoisotopic (exact) mass is 172 g/mol. The average Bonchev–Trinajstić information content (AvgIpc) is 2.03. The molecule has 0 aliphatic carbocycles. The first-order chi connectivity index (χ1) is 5.61. The van der Waals surface area contributed by atoms with Crippen LogP contribution >= 0.6 is 0 Å². The largest absolute Gasteiger partial charge is 0.469 e. The number of carbonyl (C=O) groups excluding carboxylic acids is 1. The molecule has 12 heavy (non-hydrogen) atoms. The van der Waals surface area contributed by atoms with Gasteiger partial charge in [-0.2, -0.15) is 0 Å². The summed E-state index contributed by atoms with van der Waals surface area (Å²) in [7, 11) is 1.45. The molecule has 0 unspecified atom stereocenters. The Hall–Kier alpha value is -0.530. The van der Waals surface area contributed by atoms with E-state index in [1.807, 2.05) is 6.92 Å².